The Kier molecular flexibility index (Phi) is 11.2. The molecule has 0 aliphatic heterocycles. The van der Waals surface area contributed by atoms with E-state index >= 15 is 0 Å². The van der Waals surface area contributed by atoms with Crippen LogP contribution in [0.2, 0.25) is 0 Å². The van der Waals surface area contributed by atoms with Crippen molar-refractivity contribution in [1.29, 1.82) is 0 Å². The topological polar surface area (TPSA) is 97.7 Å². The van der Waals surface area contributed by atoms with Gasteiger partial charge in [-0.25, -0.2) is 23.4 Å². The van der Waals surface area contributed by atoms with Crippen LogP contribution in [-0.2, 0) is 22.6 Å². The van der Waals surface area contributed by atoms with Crippen molar-refractivity contribution in [2.24, 2.45) is 5.92 Å². The van der Waals surface area contributed by atoms with Crippen LogP contribution in [0.5, 0.6) is 11.6 Å². The monoisotopic (exact) mass is 649 g/mol. The molecule has 1 atom stereocenters. The summed E-state index contributed by atoms with van der Waals surface area (Å²) >= 11 is 0. The Morgan fingerprint density at radius 2 is 1.78 bits per heavy atom. The molecule has 0 radical (unpaired) electrons. The maximum atomic E-state index is 13.8. The highest BCUT2D eigenvalue weighted by atomic mass is 32.2. The van der Waals surface area contributed by atoms with Gasteiger partial charge in [0, 0.05) is 25.4 Å². The number of aryl methyl sites for hydroxylation is 1. The number of hydrogen-bond acceptors (Lipinski definition) is 9. The molecule has 1 saturated carbocycles. The van der Waals surface area contributed by atoms with Gasteiger partial charge >= 0.3 is 6.18 Å². The van der Waals surface area contributed by atoms with Crippen molar-refractivity contribution in [3.63, 3.8) is 0 Å². The molecule has 0 spiro atoms. The zero-order valence-corrected chi connectivity index (χ0v) is 27.3. The minimum Gasteiger partial charge on any atom is -0.489 e. The summed E-state index contributed by atoms with van der Waals surface area (Å²) in [5, 5.41) is 0. The number of ether oxygens (including phenoxy) is 2. The maximum Gasteiger partial charge on any atom is 0.416 e. The number of benzene rings is 1. The van der Waals surface area contributed by atoms with Crippen LogP contribution in [-0.4, -0.2) is 62.2 Å². The molecule has 246 valence electrons. The van der Waals surface area contributed by atoms with Crippen LogP contribution in [0.15, 0.2) is 42.7 Å². The lowest BCUT2D eigenvalue weighted by molar-refractivity contribution is -0.137. The molecule has 1 aliphatic rings. The van der Waals surface area contributed by atoms with Crippen LogP contribution in [0, 0.1) is 12.8 Å². The number of pyridine rings is 1. The van der Waals surface area contributed by atoms with Gasteiger partial charge in [0.25, 0.3) is 0 Å². The van der Waals surface area contributed by atoms with Gasteiger partial charge < -0.3 is 19.3 Å². The summed E-state index contributed by atoms with van der Waals surface area (Å²) in [7, 11) is -1.67. The standard InChI is InChI=1S/C32H42F3N5O4S/c1-6-39(20-24-9-7-8-10-24)29-11-12-30(43-4)38-28(29)21-40(23(3)25-15-22(2)16-26(17-25)32(33,34)35)31-36-18-27(19-37-31)44-13-14-45(5,41)42/h11-12,15-19,23-24H,6-10,13-14,20-21H2,1-5H3. The number of rotatable bonds is 14. The first-order chi connectivity index (χ1) is 21.3. The van der Waals surface area contributed by atoms with E-state index in [1.54, 1.807) is 20.1 Å². The Hall–Kier alpha value is -3.61. The zero-order chi connectivity index (χ0) is 32.8. The van der Waals surface area contributed by atoms with Gasteiger partial charge in [0.1, 0.15) is 6.61 Å². The minimum absolute atomic E-state index is 0.0594. The number of anilines is 2. The van der Waals surface area contributed by atoms with Gasteiger partial charge in [-0.1, -0.05) is 24.5 Å². The van der Waals surface area contributed by atoms with E-state index in [1.807, 2.05) is 24.0 Å². The molecule has 1 aromatic carbocycles. The number of halogens is 3. The van der Waals surface area contributed by atoms with Crippen molar-refractivity contribution >= 4 is 21.5 Å². The highest BCUT2D eigenvalue weighted by molar-refractivity contribution is 7.90. The van der Waals surface area contributed by atoms with Crippen molar-refractivity contribution in [2.45, 2.75) is 65.2 Å². The molecular formula is C32H42F3N5O4S. The van der Waals surface area contributed by atoms with Gasteiger partial charge in [0.05, 0.1) is 54.8 Å². The molecule has 2 heterocycles. The number of alkyl halides is 3. The summed E-state index contributed by atoms with van der Waals surface area (Å²) in [5.74, 6) is 1.37. The van der Waals surface area contributed by atoms with E-state index in [2.05, 4.69) is 21.8 Å². The van der Waals surface area contributed by atoms with Gasteiger partial charge in [-0.3, -0.25) is 0 Å². The lowest BCUT2D eigenvalue weighted by Gasteiger charge is -2.33. The van der Waals surface area contributed by atoms with Crippen LogP contribution in [0.3, 0.4) is 0 Å². The summed E-state index contributed by atoms with van der Waals surface area (Å²) in [6, 6.07) is 7.23. The van der Waals surface area contributed by atoms with E-state index < -0.39 is 27.6 Å². The smallest absolute Gasteiger partial charge is 0.416 e. The predicted molar refractivity (Wildman–Crippen MR) is 169 cm³/mol. The zero-order valence-electron chi connectivity index (χ0n) is 26.5. The molecule has 0 saturated heterocycles. The molecular weight excluding hydrogens is 607 g/mol. The Bertz CT molecular complexity index is 1530. The summed E-state index contributed by atoms with van der Waals surface area (Å²) in [6.07, 6.45) is 4.29. The summed E-state index contributed by atoms with van der Waals surface area (Å²) in [5.41, 5.74) is 1.80. The van der Waals surface area contributed by atoms with E-state index in [9.17, 15) is 21.6 Å². The fraction of sp³-hybridized carbons (Fsp3) is 0.531. The summed E-state index contributed by atoms with van der Waals surface area (Å²) in [4.78, 5) is 17.9. The SMILES string of the molecule is CCN(CC1CCCC1)c1ccc(OC)nc1CN(c1ncc(OCCS(C)(=O)=O)cn1)C(C)c1cc(C)cc(C(F)(F)F)c1. The normalized spacial score (nSPS) is 14.8. The third-order valence-corrected chi connectivity index (χ3v) is 9.01. The van der Waals surface area contributed by atoms with Crippen LogP contribution in [0.25, 0.3) is 0 Å². The van der Waals surface area contributed by atoms with E-state index in [0.29, 0.717) is 28.6 Å². The average molecular weight is 650 g/mol. The number of aromatic nitrogens is 3. The van der Waals surface area contributed by atoms with Gasteiger partial charge in [0.15, 0.2) is 15.6 Å². The van der Waals surface area contributed by atoms with Crippen molar-refractivity contribution in [3.8, 4) is 11.6 Å². The number of hydrogen-bond donors (Lipinski definition) is 0. The number of nitrogens with zero attached hydrogens (tertiary/aromatic N) is 5. The lowest BCUT2D eigenvalue weighted by atomic mass is 10.00. The van der Waals surface area contributed by atoms with Gasteiger partial charge in [-0.15, -0.1) is 0 Å². The first-order valence-corrected chi connectivity index (χ1v) is 17.2. The second-order valence-corrected chi connectivity index (χ2v) is 13.9. The molecule has 1 unspecified atom stereocenters. The highest BCUT2D eigenvalue weighted by Gasteiger charge is 2.32. The molecule has 0 amide bonds. The van der Waals surface area contributed by atoms with E-state index in [4.69, 9.17) is 14.5 Å². The third kappa shape index (κ3) is 9.44. The maximum absolute atomic E-state index is 13.8. The third-order valence-electron chi connectivity index (χ3n) is 8.10. The second-order valence-electron chi connectivity index (χ2n) is 11.6. The lowest BCUT2D eigenvalue weighted by Crippen LogP contribution is -2.33. The van der Waals surface area contributed by atoms with E-state index in [0.717, 1.165) is 37.2 Å². The Morgan fingerprint density at radius 1 is 1.09 bits per heavy atom. The number of sulfone groups is 1. The van der Waals surface area contributed by atoms with Crippen molar-refractivity contribution in [1.82, 2.24) is 15.0 Å². The fourth-order valence-electron chi connectivity index (χ4n) is 5.68. The first kappa shape index (κ1) is 34.3. The molecule has 9 nitrogen and oxygen atoms in total. The molecule has 4 rings (SSSR count). The molecule has 0 N–H and O–H groups in total. The van der Waals surface area contributed by atoms with Gasteiger partial charge in [0.2, 0.25) is 11.8 Å². The summed E-state index contributed by atoms with van der Waals surface area (Å²) in [6.45, 7) is 7.31. The van der Waals surface area contributed by atoms with E-state index in [-0.39, 0.29) is 30.6 Å². The molecule has 2 aromatic heterocycles. The molecule has 3 aromatic rings. The summed E-state index contributed by atoms with van der Waals surface area (Å²) < 4.78 is 75.4. The van der Waals surface area contributed by atoms with Gasteiger partial charge in [-0.2, -0.15) is 13.2 Å². The van der Waals surface area contributed by atoms with Crippen LogP contribution in [0.4, 0.5) is 24.8 Å². The Labute approximate surface area is 263 Å². The van der Waals surface area contributed by atoms with Crippen molar-refractivity contribution in [3.05, 3.63) is 65.1 Å². The predicted octanol–water partition coefficient (Wildman–Crippen LogP) is 6.42. The molecule has 1 aliphatic carbocycles. The molecule has 13 heteroatoms. The largest absolute Gasteiger partial charge is 0.489 e. The molecule has 45 heavy (non-hydrogen) atoms. The van der Waals surface area contributed by atoms with Crippen LogP contribution in [0.1, 0.15) is 68.0 Å². The quantitative estimate of drug-likeness (QED) is 0.196. The number of methoxy groups -OCH3 is 1. The van der Waals surface area contributed by atoms with Crippen LogP contribution >= 0.6 is 0 Å². The van der Waals surface area contributed by atoms with Crippen molar-refractivity contribution in [2.75, 3.05) is 48.6 Å². The first-order valence-electron chi connectivity index (χ1n) is 15.1. The second kappa shape index (κ2) is 14.7. The minimum atomic E-state index is -4.50. The Balaban J connectivity index is 1.74. The molecule has 1 fully saturated rings. The average Bonchev–Trinajstić information content (AvgIpc) is 3.51. The highest BCUT2D eigenvalue weighted by Crippen LogP contribution is 2.36. The molecule has 0 bridgehead atoms. The van der Waals surface area contributed by atoms with Crippen LogP contribution < -0.4 is 19.3 Å². The van der Waals surface area contributed by atoms with E-state index in [1.165, 1.54) is 38.1 Å². The fourth-order valence-corrected chi connectivity index (χ4v) is 6.06. The van der Waals surface area contributed by atoms with Gasteiger partial charge in [-0.05, 0) is 63.3 Å². The Morgan fingerprint density at radius 3 is 2.38 bits per heavy atom. The van der Waals surface area contributed by atoms with Crippen molar-refractivity contribution < 1.29 is 31.1 Å².